The van der Waals surface area contributed by atoms with E-state index >= 15 is 0 Å². The van der Waals surface area contributed by atoms with Crippen LogP contribution in [0.1, 0.15) is 31.4 Å². The third kappa shape index (κ3) is 4.20. The maximum atomic E-state index is 4.47. The molecule has 0 atom stereocenters. The summed E-state index contributed by atoms with van der Waals surface area (Å²) < 4.78 is 1.98. The molecule has 0 aliphatic heterocycles. The van der Waals surface area contributed by atoms with Crippen LogP contribution >= 0.6 is 0 Å². The fourth-order valence-electron chi connectivity index (χ4n) is 2.25. The average molecular weight is 271 g/mol. The van der Waals surface area contributed by atoms with Gasteiger partial charge in [0.05, 0.1) is 11.9 Å². The maximum absolute atomic E-state index is 4.47. The van der Waals surface area contributed by atoms with Gasteiger partial charge in [-0.3, -0.25) is 0 Å². The van der Waals surface area contributed by atoms with Gasteiger partial charge in [0.2, 0.25) is 0 Å². The highest BCUT2D eigenvalue weighted by atomic mass is 15.3. The molecule has 0 saturated heterocycles. The minimum atomic E-state index is 0.721. The second-order valence-electron chi connectivity index (χ2n) is 5.78. The minimum Gasteiger partial charge on any atom is -0.316 e. The lowest BCUT2D eigenvalue weighted by Gasteiger charge is -2.06. The van der Waals surface area contributed by atoms with Crippen LogP contribution in [-0.2, 0) is 6.42 Å². The van der Waals surface area contributed by atoms with Gasteiger partial charge in [0.25, 0.3) is 0 Å². The van der Waals surface area contributed by atoms with Crippen LogP contribution in [0, 0.1) is 12.8 Å². The van der Waals surface area contributed by atoms with Crippen LogP contribution < -0.4 is 5.32 Å². The Morgan fingerprint density at radius 3 is 2.80 bits per heavy atom. The summed E-state index contributed by atoms with van der Waals surface area (Å²) in [7, 11) is 0. The van der Waals surface area contributed by atoms with Crippen molar-refractivity contribution in [2.75, 3.05) is 13.1 Å². The summed E-state index contributed by atoms with van der Waals surface area (Å²) >= 11 is 0. The van der Waals surface area contributed by atoms with E-state index < -0.39 is 0 Å². The molecule has 1 aromatic carbocycles. The standard InChI is InChI=1S/C17H25N3/c1-14(2)11-18-10-6-8-16-12-19-20(13-16)17-9-5-4-7-15(17)3/h4-5,7,9,12-14,18H,6,8,10-11H2,1-3H3. The van der Waals surface area contributed by atoms with Gasteiger partial charge in [-0.1, -0.05) is 32.0 Å². The molecule has 2 aromatic rings. The topological polar surface area (TPSA) is 29.9 Å². The Bertz CT molecular complexity index is 529. The van der Waals surface area contributed by atoms with Gasteiger partial charge in [-0.05, 0) is 56.0 Å². The van der Waals surface area contributed by atoms with E-state index in [1.165, 1.54) is 11.1 Å². The molecule has 0 amide bonds. The number of hydrogen-bond acceptors (Lipinski definition) is 2. The molecule has 20 heavy (non-hydrogen) atoms. The van der Waals surface area contributed by atoms with Crippen LogP contribution in [0.5, 0.6) is 0 Å². The van der Waals surface area contributed by atoms with E-state index in [0.29, 0.717) is 0 Å². The number of nitrogens with one attached hydrogen (secondary N) is 1. The quantitative estimate of drug-likeness (QED) is 0.783. The highest BCUT2D eigenvalue weighted by Crippen LogP contribution is 2.13. The second-order valence-corrected chi connectivity index (χ2v) is 5.78. The Morgan fingerprint density at radius 1 is 1.25 bits per heavy atom. The van der Waals surface area contributed by atoms with Gasteiger partial charge < -0.3 is 5.32 Å². The zero-order valence-electron chi connectivity index (χ0n) is 12.8. The van der Waals surface area contributed by atoms with E-state index in [2.05, 4.69) is 61.6 Å². The van der Waals surface area contributed by atoms with Crippen molar-refractivity contribution >= 4 is 0 Å². The molecule has 0 unspecified atom stereocenters. The van der Waals surface area contributed by atoms with E-state index in [9.17, 15) is 0 Å². The molecule has 108 valence electrons. The van der Waals surface area contributed by atoms with Crippen molar-refractivity contribution in [2.45, 2.75) is 33.6 Å². The third-order valence-electron chi connectivity index (χ3n) is 3.37. The van der Waals surface area contributed by atoms with Crippen LogP contribution in [0.2, 0.25) is 0 Å². The van der Waals surface area contributed by atoms with Crippen LogP contribution in [0.15, 0.2) is 36.7 Å². The number of aromatic nitrogens is 2. The number of rotatable bonds is 7. The second kappa shape index (κ2) is 7.25. The molecule has 0 saturated carbocycles. The van der Waals surface area contributed by atoms with Gasteiger partial charge in [-0.2, -0.15) is 5.10 Å². The molecule has 0 aliphatic rings. The normalized spacial score (nSPS) is 11.2. The molecular formula is C17H25N3. The molecule has 1 aromatic heterocycles. The van der Waals surface area contributed by atoms with Gasteiger partial charge in [-0.15, -0.1) is 0 Å². The van der Waals surface area contributed by atoms with Crippen LogP contribution in [0.25, 0.3) is 5.69 Å². The predicted octanol–water partition coefficient (Wildman–Crippen LogP) is 3.36. The summed E-state index contributed by atoms with van der Waals surface area (Å²) in [6.07, 6.45) is 6.36. The predicted molar refractivity (Wildman–Crippen MR) is 84.3 cm³/mol. The first-order chi connectivity index (χ1) is 9.66. The van der Waals surface area contributed by atoms with Gasteiger partial charge >= 0.3 is 0 Å². The lowest BCUT2D eigenvalue weighted by atomic mass is 10.2. The largest absolute Gasteiger partial charge is 0.316 e. The maximum Gasteiger partial charge on any atom is 0.0674 e. The average Bonchev–Trinajstić information content (AvgIpc) is 2.87. The molecule has 0 aliphatic carbocycles. The minimum absolute atomic E-state index is 0.721. The molecule has 0 radical (unpaired) electrons. The molecule has 1 N–H and O–H groups in total. The van der Waals surface area contributed by atoms with Crippen molar-refractivity contribution in [1.82, 2.24) is 15.1 Å². The first kappa shape index (κ1) is 14.8. The van der Waals surface area contributed by atoms with Crippen molar-refractivity contribution in [3.63, 3.8) is 0 Å². The number of hydrogen-bond donors (Lipinski definition) is 1. The Hall–Kier alpha value is -1.61. The number of aryl methyl sites for hydroxylation is 2. The van der Waals surface area contributed by atoms with Gasteiger partial charge in [0.15, 0.2) is 0 Å². The fraction of sp³-hybridized carbons (Fsp3) is 0.471. The van der Waals surface area contributed by atoms with Crippen LogP contribution in [0.4, 0.5) is 0 Å². The molecule has 0 spiro atoms. The van der Waals surface area contributed by atoms with Crippen LogP contribution in [0.3, 0.4) is 0 Å². The van der Waals surface area contributed by atoms with Crippen molar-refractivity contribution in [1.29, 1.82) is 0 Å². The lowest BCUT2D eigenvalue weighted by Crippen LogP contribution is -2.20. The van der Waals surface area contributed by atoms with Crippen molar-refractivity contribution in [2.24, 2.45) is 5.92 Å². The Labute approximate surface area is 122 Å². The molecule has 2 rings (SSSR count). The summed E-state index contributed by atoms with van der Waals surface area (Å²) in [4.78, 5) is 0. The Kier molecular flexibility index (Phi) is 5.36. The zero-order chi connectivity index (χ0) is 14.4. The number of benzene rings is 1. The fourth-order valence-corrected chi connectivity index (χ4v) is 2.25. The molecule has 0 bridgehead atoms. The molecule has 0 fully saturated rings. The summed E-state index contributed by atoms with van der Waals surface area (Å²) in [5.74, 6) is 0.721. The molecule has 1 heterocycles. The van der Waals surface area contributed by atoms with Crippen LogP contribution in [-0.4, -0.2) is 22.9 Å². The first-order valence-corrected chi connectivity index (χ1v) is 7.47. The summed E-state index contributed by atoms with van der Waals surface area (Å²) in [6, 6.07) is 8.34. The number of nitrogens with zero attached hydrogens (tertiary/aromatic N) is 2. The van der Waals surface area contributed by atoms with E-state index in [4.69, 9.17) is 0 Å². The van der Waals surface area contributed by atoms with Crippen molar-refractivity contribution < 1.29 is 0 Å². The smallest absolute Gasteiger partial charge is 0.0674 e. The molecule has 3 heteroatoms. The SMILES string of the molecule is Cc1ccccc1-n1cc(CCCNCC(C)C)cn1. The number of para-hydroxylation sites is 1. The van der Waals surface area contributed by atoms with E-state index in [0.717, 1.165) is 37.5 Å². The van der Waals surface area contributed by atoms with Gasteiger partial charge in [0.1, 0.15) is 0 Å². The molecular weight excluding hydrogens is 246 g/mol. The van der Waals surface area contributed by atoms with E-state index in [-0.39, 0.29) is 0 Å². The van der Waals surface area contributed by atoms with Crippen molar-refractivity contribution in [3.8, 4) is 5.69 Å². The zero-order valence-corrected chi connectivity index (χ0v) is 12.8. The van der Waals surface area contributed by atoms with E-state index in [1.807, 2.05) is 10.9 Å². The first-order valence-electron chi connectivity index (χ1n) is 7.47. The highest BCUT2D eigenvalue weighted by molar-refractivity contribution is 5.39. The van der Waals surface area contributed by atoms with E-state index in [1.54, 1.807) is 0 Å². The third-order valence-corrected chi connectivity index (χ3v) is 3.37. The monoisotopic (exact) mass is 271 g/mol. The van der Waals surface area contributed by atoms with Gasteiger partial charge in [-0.25, -0.2) is 4.68 Å². The summed E-state index contributed by atoms with van der Waals surface area (Å²) in [6.45, 7) is 8.77. The van der Waals surface area contributed by atoms with Crippen molar-refractivity contribution in [3.05, 3.63) is 47.8 Å². The summed E-state index contributed by atoms with van der Waals surface area (Å²) in [5.41, 5.74) is 3.72. The highest BCUT2D eigenvalue weighted by Gasteiger charge is 2.03. The Balaban J connectivity index is 1.85. The Morgan fingerprint density at radius 2 is 2.05 bits per heavy atom. The van der Waals surface area contributed by atoms with Gasteiger partial charge in [0, 0.05) is 6.20 Å². The molecule has 3 nitrogen and oxygen atoms in total. The lowest BCUT2D eigenvalue weighted by molar-refractivity contribution is 0.543. The summed E-state index contributed by atoms with van der Waals surface area (Å²) in [5, 5.41) is 7.95.